The highest BCUT2D eigenvalue weighted by Crippen LogP contribution is 2.70. The maximum Gasteiger partial charge on any atom is 0.233 e. The van der Waals surface area contributed by atoms with E-state index in [1.54, 1.807) is 12.1 Å². The van der Waals surface area contributed by atoms with Crippen molar-refractivity contribution in [1.82, 2.24) is 10.1 Å². The smallest absolute Gasteiger partial charge is 0.233 e. The molecule has 10 rings (SSSR count). The van der Waals surface area contributed by atoms with Gasteiger partial charge in [-0.05, 0) is 111 Å². The number of hydrogen-bond donors (Lipinski definition) is 1. The summed E-state index contributed by atoms with van der Waals surface area (Å²) >= 11 is 0. The molecular weight excluding hydrogens is 567 g/mol. The number of rotatable bonds is 9. The zero-order chi connectivity index (χ0) is 29.7. The van der Waals surface area contributed by atoms with Crippen molar-refractivity contribution >= 4 is 27.3 Å². The van der Waals surface area contributed by atoms with Crippen LogP contribution in [0.4, 0.5) is 15.8 Å². The number of aromatic nitrogens is 2. The minimum atomic E-state index is -3.37. The molecule has 0 unspecified atom stereocenters. The summed E-state index contributed by atoms with van der Waals surface area (Å²) in [7, 11) is -3.37. The zero-order valence-corrected chi connectivity index (χ0v) is 25.3. The van der Waals surface area contributed by atoms with Crippen LogP contribution < -0.4 is 9.62 Å². The lowest BCUT2D eigenvalue weighted by molar-refractivity contribution is -0.211. The Bertz CT molecular complexity index is 1670. The van der Waals surface area contributed by atoms with Gasteiger partial charge >= 0.3 is 0 Å². The molecule has 0 radical (unpaired) electrons. The molecular formula is C33H37FN4O4S. The van der Waals surface area contributed by atoms with Crippen LogP contribution in [0.1, 0.15) is 88.3 Å². The van der Waals surface area contributed by atoms with Gasteiger partial charge in [-0.25, -0.2) is 12.8 Å². The molecule has 1 amide bonds. The average molecular weight is 605 g/mol. The molecule has 7 fully saturated rings. The quantitative estimate of drug-likeness (QED) is 0.299. The van der Waals surface area contributed by atoms with Crippen LogP contribution >= 0.6 is 0 Å². The second-order valence-electron chi connectivity index (χ2n) is 14.4. The van der Waals surface area contributed by atoms with E-state index in [-0.39, 0.29) is 16.7 Å². The van der Waals surface area contributed by atoms with Crippen LogP contribution in [0, 0.1) is 10.8 Å². The molecule has 7 saturated carbocycles. The molecule has 0 spiro atoms. The number of alkyl halides is 1. The first-order valence-electron chi connectivity index (χ1n) is 15.5. The van der Waals surface area contributed by atoms with Gasteiger partial charge in [0.25, 0.3) is 0 Å². The molecule has 43 heavy (non-hydrogen) atoms. The fraction of sp³-hybridized carbons (Fsp3) is 0.545. The predicted molar refractivity (Wildman–Crippen MR) is 161 cm³/mol. The Morgan fingerprint density at radius 1 is 1.00 bits per heavy atom. The maximum atomic E-state index is 14.6. The van der Waals surface area contributed by atoms with E-state index in [1.165, 1.54) is 0 Å². The number of amides is 1. The minimum absolute atomic E-state index is 0.00264. The standard InChI is InChI=1S/C33H37FN4O4S/c1-43(40,41)37-25-9-7-22(8-10-25)24-3-2-4-26(17-24)38(29(39)32-18-33(34,19-32)20-32)21-30-11-14-31(15-12-30,16-13-30)28-35-27(36-42-28)23-5-6-23/h2-4,7-10,17,23,37H,5-6,11-16,18-21H2,1H3. The Balaban J connectivity index is 1.05. The number of anilines is 2. The maximum absolute atomic E-state index is 14.6. The molecule has 0 aliphatic heterocycles. The first-order chi connectivity index (χ1) is 20.5. The van der Waals surface area contributed by atoms with E-state index >= 15 is 0 Å². The monoisotopic (exact) mass is 604 g/mol. The van der Waals surface area contributed by atoms with Crippen molar-refractivity contribution < 1.29 is 22.1 Å². The predicted octanol–water partition coefficient (Wildman–Crippen LogP) is 6.50. The van der Waals surface area contributed by atoms with Crippen LogP contribution in [0.2, 0.25) is 0 Å². The summed E-state index contributed by atoms with van der Waals surface area (Å²) in [6.45, 7) is 0.626. The summed E-state index contributed by atoms with van der Waals surface area (Å²) in [6.07, 6.45) is 10.3. The first-order valence-corrected chi connectivity index (χ1v) is 17.4. The average Bonchev–Trinajstić information content (AvgIpc) is 3.69. The molecule has 3 aromatic rings. The largest absolute Gasteiger partial charge is 0.339 e. The Labute approximate surface area is 251 Å². The second kappa shape index (κ2) is 9.13. The highest BCUT2D eigenvalue weighted by Gasteiger charge is 2.73. The fourth-order valence-electron chi connectivity index (χ4n) is 8.37. The first kappa shape index (κ1) is 27.3. The minimum Gasteiger partial charge on any atom is -0.339 e. The SMILES string of the molecule is CS(=O)(=O)Nc1ccc(-c2cccc(N(CC34CCC(c5nc(C6CC6)no5)(CC3)CC4)C(=O)C34CC(F)(C3)C4)c2)cc1. The van der Waals surface area contributed by atoms with Crippen molar-refractivity contribution in [3.8, 4) is 11.1 Å². The third-order valence-corrected chi connectivity index (χ3v) is 11.7. The number of sulfonamides is 1. The van der Waals surface area contributed by atoms with E-state index in [1.807, 2.05) is 41.3 Å². The van der Waals surface area contributed by atoms with E-state index in [2.05, 4.69) is 9.88 Å². The Morgan fingerprint density at radius 3 is 2.28 bits per heavy atom. The number of carbonyl (C=O) groups excluding carboxylic acids is 1. The number of nitrogens with one attached hydrogen (secondary N) is 1. The molecule has 10 heteroatoms. The second-order valence-corrected chi connectivity index (χ2v) is 16.1. The van der Waals surface area contributed by atoms with Crippen LogP contribution in [-0.4, -0.2) is 42.9 Å². The van der Waals surface area contributed by atoms with Gasteiger partial charge in [0.2, 0.25) is 21.8 Å². The van der Waals surface area contributed by atoms with Crippen LogP contribution in [0.25, 0.3) is 11.1 Å². The lowest BCUT2D eigenvalue weighted by atomic mass is 9.41. The van der Waals surface area contributed by atoms with Crippen molar-refractivity contribution in [3.05, 3.63) is 60.2 Å². The molecule has 1 aromatic heterocycles. The molecule has 4 bridgehead atoms. The van der Waals surface area contributed by atoms with Crippen LogP contribution in [0.5, 0.6) is 0 Å². The summed E-state index contributed by atoms with van der Waals surface area (Å²) in [5.41, 5.74) is 1.42. The molecule has 7 aliphatic rings. The molecule has 1 heterocycles. The summed E-state index contributed by atoms with van der Waals surface area (Å²) < 4.78 is 46.2. The molecule has 2 aromatic carbocycles. The van der Waals surface area contributed by atoms with Gasteiger partial charge in [-0.3, -0.25) is 9.52 Å². The van der Waals surface area contributed by atoms with Gasteiger partial charge < -0.3 is 9.42 Å². The van der Waals surface area contributed by atoms with Crippen molar-refractivity contribution in [3.63, 3.8) is 0 Å². The molecule has 7 aliphatic carbocycles. The normalized spacial score (nSPS) is 32.5. The number of halogens is 1. The molecule has 0 saturated heterocycles. The Morgan fingerprint density at radius 2 is 1.67 bits per heavy atom. The highest BCUT2D eigenvalue weighted by molar-refractivity contribution is 7.92. The van der Waals surface area contributed by atoms with E-state index in [0.29, 0.717) is 37.4 Å². The van der Waals surface area contributed by atoms with Crippen molar-refractivity contribution in [1.29, 1.82) is 0 Å². The number of carbonyl (C=O) groups is 1. The van der Waals surface area contributed by atoms with E-state index in [0.717, 1.165) is 86.2 Å². The number of nitrogens with zero attached hydrogens (tertiary/aromatic N) is 3. The van der Waals surface area contributed by atoms with Crippen LogP contribution in [0.15, 0.2) is 53.1 Å². The number of hydrogen-bond acceptors (Lipinski definition) is 6. The lowest BCUT2D eigenvalue weighted by Crippen LogP contribution is -2.71. The number of benzene rings is 2. The highest BCUT2D eigenvalue weighted by atomic mass is 32.2. The third kappa shape index (κ3) is 4.67. The molecule has 0 atom stereocenters. The van der Waals surface area contributed by atoms with Gasteiger partial charge in [0.15, 0.2) is 5.82 Å². The zero-order valence-electron chi connectivity index (χ0n) is 24.4. The molecule has 1 N–H and O–H groups in total. The van der Waals surface area contributed by atoms with Crippen molar-refractivity contribution in [2.75, 3.05) is 22.4 Å². The summed E-state index contributed by atoms with van der Waals surface area (Å²) in [5.74, 6) is 2.20. The summed E-state index contributed by atoms with van der Waals surface area (Å²) in [4.78, 5) is 21.0. The van der Waals surface area contributed by atoms with Crippen molar-refractivity contribution in [2.45, 2.75) is 87.6 Å². The number of fused-ring (bicyclic) bond motifs is 3. The Hall–Kier alpha value is -3.27. The van der Waals surface area contributed by atoms with Crippen LogP contribution in [-0.2, 0) is 20.2 Å². The topological polar surface area (TPSA) is 105 Å². The van der Waals surface area contributed by atoms with Gasteiger partial charge in [0, 0.05) is 29.3 Å². The van der Waals surface area contributed by atoms with E-state index < -0.39 is 21.1 Å². The van der Waals surface area contributed by atoms with E-state index in [4.69, 9.17) is 9.51 Å². The van der Waals surface area contributed by atoms with Gasteiger partial charge in [0.05, 0.1) is 11.7 Å². The van der Waals surface area contributed by atoms with Gasteiger partial charge in [0.1, 0.15) is 5.67 Å². The van der Waals surface area contributed by atoms with Gasteiger partial charge in [-0.2, -0.15) is 4.98 Å². The molecule has 8 nitrogen and oxygen atoms in total. The lowest BCUT2D eigenvalue weighted by Gasteiger charge is -2.65. The van der Waals surface area contributed by atoms with E-state index in [9.17, 15) is 17.6 Å². The van der Waals surface area contributed by atoms with Gasteiger partial charge in [-0.15, -0.1) is 0 Å². The summed E-state index contributed by atoms with van der Waals surface area (Å²) in [5, 5.41) is 4.30. The third-order valence-electron chi connectivity index (χ3n) is 11.1. The van der Waals surface area contributed by atoms with Crippen LogP contribution in [0.3, 0.4) is 0 Å². The molecule has 226 valence electrons. The Kier molecular flexibility index (Phi) is 5.79. The van der Waals surface area contributed by atoms with Crippen molar-refractivity contribution in [2.24, 2.45) is 10.8 Å². The summed E-state index contributed by atoms with van der Waals surface area (Å²) in [6, 6.07) is 15.2. The fourth-order valence-corrected chi connectivity index (χ4v) is 8.93. The van der Waals surface area contributed by atoms with Gasteiger partial charge in [-0.1, -0.05) is 29.4 Å².